The Kier molecular flexibility index (Phi) is 5.87. The SMILES string of the molecule is O=C(NNc1ccc(F)c(F)c1F)c1cccc(S(=O)(=O)N2CCOCC2)c1. The molecule has 1 amide bonds. The average Bonchev–Trinajstić information content (AvgIpc) is 2.72. The number of morpholine rings is 1. The van der Waals surface area contributed by atoms with Gasteiger partial charge in [0.05, 0.1) is 23.8 Å². The minimum atomic E-state index is -3.80. The van der Waals surface area contributed by atoms with Gasteiger partial charge in [0.1, 0.15) is 0 Å². The van der Waals surface area contributed by atoms with Gasteiger partial charge in [-0.2, -0.15) is 4.31 Å². The molecule has 0 radical (unpaired) electrons. The fourth-order valence-corrected chi connectivity index (χ4v) is 4.01. The van der Waals surface area contributed by atoms with E-state index in [0.29, 0.717) is 6.07 Å². The van der Waals surface area contributed by atoms with Gasteiger partial charge in [-0.25, -0.2) is 21.6 Å². The van der Waals surface area contributed by atoms with E-state index in [-0.39, 0.29) is 36.8 Å². The summed E-state index contributed by atoms with van der Waals surface area (Å²) < 4.78 is 71.5. The Morgan fingerprint density at radius 3 is 2.46 bits per heavy atom. The lowest BCUT2D eigenvalue weighted by molar-refractivity contribution is 0.0730. The molecular formula is C17H16F3N3O4S. The summed E-state index contributed by atoms with van der Waals surface area (Å²) in [5.74, 6) is -5.33. The normalized spacial score (nSPS) is 15.2. The molecule has 2 aromatic rings. The molecule has 2 N–H and O–H groups in total. The lowest BCUT2D eigenvalue weighted by Gasteiger charge is -2.26. The van der Waals surface area contributed by atoms with Crippen molar-refractivity contribution in [2.75, 3.05) is 31.7 Å². The molecule has 1 aliphatic rings. The molecule has 3 rings (SSSR count). The highest BCUT2D eigenvalue weighted by atomic mass is 32.2. The van der Waals surface area contributed by atoms with E-state index < -0.39 is 39.1 Å². The van der Waals surface area contributed by atoms with Crippen LogP contribution in [0.4, 0.5) is 18.9 Å². The van der Waals surface area contributed by atoms with Gasteiger partial charge in [-0.05, 0) is 30.3 Å². The van der Waals surface area contributed by atoms with Gasteiger partial charge in [-0.3, -0.25) is 15.6 Å². The standard InChI is InChI=1S/C17H16F3N3O4S/c18-13-4-5-14(16(20)15(13)19)21-22-17(24)11-2-1-3-12(10-11)28(25,26)23-6-8-27-9-7-23/h1-5,10,21H,6-9H2,(H,22,24). The van der Waals surface area contributed by atoms with Crippen molar-refractivity contribution in [2.45, 2.75) is 4.90 Å². The van der Waals surface area contributed by atoms with Crippen LogP contribution in [0.15, 0.2) is 41.3 Å². The molecule has 7 nitrogen and oxygen atoms in total. The summed E-state index contributed by atoms with van der Waals surface area (Å²) >= 11 is 0. The number of sulfonamides is 1. The van der Waals surface area contributed by atoms with Crippen molar-refractivity contribution >= 4 is 21.6 Å². The molecule has 0 unspecified atom stereocenters. The van der Waals surface area contributed by atoms with Crippen LogP contribution in [-0.4, -0.2) is 44.9 Å². The number of hydrogen-bond donors (Lipinski definition) is 2. The number of hydrogen-bond acceptors (Lipinski definition) is 5. The molecule has 150 valence electrons. The van der Waals surface area contributed by atoms with Gasteiger partial charge in [-0.1, -0.05) is 6.07 Å². The maximum absolute atomic E-state index is 13.6. The van der Waals surface area contributed by atoms with Crippen molar-refractivity contribution in [1.82, 2.24) is 9.73 Å². The minimum absolute atomic E-state index is 0.0233. The first-order valence-electron chi connectivity index (χ1n) is 8.18. The van der Waals surface area contributed by atoms with Crippen LogP contribution < -0.4 is 10.9 Å². The van der Waals surface area contributed by atoms with Crippen LogP contribution in [0.2, 0.25) is 0 Å². The zero-order valence-corrected chi connectivity index (χ0v) is 15.2. The maximum Gasteiger partial charge on any atom is 0.269 e. The Labute approximate surface area is 159 Å². The predicted octanol–water partition coefficient (Wildman–Crippen LogP) is 1.88. The second kappa shape index (κ2) is 8.17. The number of benzene rings is 2. The average molecular weight is 415 g/mol. The number of hydrazine groups is 1. The Balaban J connectivity index is 1.75. The monoisotopic (exact) mass is 415 g/mol. The topological polar surface area (TPSA) is 87.7 Å². The number of rotatable bonds is 5. The molecule has 2 aromatic carbocycles. The first-order valence-corrected chi connectivity index (χ1v) is 9.62. The lowest BCUT2D eigenvalue weighted by atomic mass is 10.2. The Bertz CT molecular complexity index is 995. The van der Waals surface area contributed by atoms with Gasteiger partial charge in [0.15, 0.2) is 17.5 Å². The molecule has 11 heteroatoms. The number of ether oxygens (including phenoxy) is 1. The van der Waals surface area contributed by atoms with Gasteiger partial charge < -0.3 is 4.74 Å². The number of nitrogens with one attached hydrogen (secondary N) is 2. The van der Waals surface area contributed by atoms with Gasteiger partial charge in [0.25, 0.3) is 5.91 Å². The lowest BCUT2D eigenvalue weighted by Crippen LogP contribution is -2.40. The minimum Gasteiger partial charge on any atom is -0.379 e. The zero-order valence-electron chi connectivity index (χ0n) is 14.4. The fraction of sp³-hybridized carbons (Fsp3) is 0.235. The molecular weight excluding hydrogens is 399 g/mol. The van der Waals surface area contributed by atoms with E-state index in [1.54, 1.807) is 0 Å². The van der Waals surface area contributed by atoms with Crippen LogP contribution in [0.5, 0.6) is 0 Å². The molecule has 1 saturated heterocycles. The largest absolute Gasteiger partial charge is 0.379 e. The second-order valence-electron chi connectivity index (χ2n) is 5.85. The predicted molar refractivity (Wildman–Crippen MR) is 93.4 cm³/mol. The number of amides is 1. The quantitative estimate of drug-likeness (QED) is 0.575. The Hall–Kier alpha value is -2.63. The van der Waals surface area contributed by atoms with Crippen LogP contribution in [0.25, 0.3) is 0 Å². The molecule has 0 atom stereocenters. The summed E-state index contributed by atoms with van der Waals surface area (Å²) in [6.07, 6.45) is 0. The first-order chi connectivity index (χ1) is 13.3. The van der Waals surface area contributed by atoms with E-state index in [2.05, 4.69) is 10.9 Å². The van der Waals surface area contributed by atoms with Gasteiger partial charge in [0.2, 0.25) is 10.0 Å². The number of anilines is 1. The van der Waals surface area contributed by atoms with Crippen LogP contribution in [0.3, 0.4) is 0 Å². The van der Waals surface area contributed by atoms with Gasteiger partial charge >= 0.3 is 0 Å². The van der Waals surface area contributed by atoms with Crippen LogP contribution >= 0.6 is 0 Å². The number of halogens is 3. The molecule has 1 heterocycles. The number of carbonyl (C=O) groups excluding carboxylic acids is 1. The van der Waals surface area contributed by atoms with Crippen molar-refractivity contribution < 1.29 is 31.1 Å². The van der Waals surface area contributed by atoms with E-state index in [1.807, 2.05) is 0 Å². The summed E-state index contributed by atoms with van der Waals surface area (Å²) in [6, 6.07) is 6.88. The third kappa shape index (κ3) is 4.11. The smallest absolute Gasteiger partial charge is 0.269 e. The van der Waals surface area contributed by atoms with E-state index in [4.69, 9.17) is 4.74 Å². The molecule has 0 spiro atoms. The summed E-state index contributed by atoms with van der Waals surface area (Å²) in [5.41, 5.74) is 3.75. The zero-order chi connectivity index (χ0) is 20.3. The van der Waals surface area contributed by atoms with E-state index in [9.17, 15) is 26.4 Å². The van der Waals surface area contributed by atoms with Crippen LogP contribution in [0, 0.1) is 17.5 Å². The second-order valence-corrected chi connectivity index (χ2v) is 7.78. The van der Waals surface area contributed by atoms with E-state index in [1.165, 1.54) is 28.6 Å². The summed E-state index contributed by atoms with van der Waals surface area (Å²) in [6.45, 7) is 0.970. The van der Waals surface area contributed by atoms with Crippen molar-refractivity contribution in [2.24, 2.45) is 0 Å². The summed E-state index contributed by atoms with van der Waals surface area (Å²) in [5, 5.41) is 0. The molecule has 0 saturated carbocycles. The number of carbonyl (C=O) groups is 1. The van der Waals surface area contributed by atoms with E-state index in [0.717, 1.165) is 6.07 Å². The third-order valence-electron chi connectivity index (χ3n) is 4.05. The van der Waals surface area contributed by atoms with Gasteiger partial charge in [-0.15, -0.1) is 0 Å². The summed E-state index contributed by atoms with van der Waals surface area (Å²) in [4.78, 5) is 12.2. The Morgan fingerprint density at radius 2 is 1.75 bits per heavy atom. The molecule has 28 heavy (non-hydrogen) atoms. The van der Waals surface area contributed by atoms with Crippen molar-refractivity contribution in [3.63, 3.8) is 0 Å². The molecule has 1 aliphatic heterocycles. The number of nitrogens with zero attached hydrogens (tertiary/aromatic N) is 1. The molecule has 1 fully saturated rings. The first kappa shape index (κ1) is 20.1. The van der Waals surface area contributed by atoms with E-state index >= 15 is 0 Å². The van der Waals surface area contributed by atoms with Crippen LogP contribution in [-0.2, 0) is 14.8 Å². The third-order valence-corrected chi connectivity index (χ3v) is 5.94. The molecule has 0 bridgehead atoms. The molecule has 0 aliphatic carbocycles. The van der Waals surface area contributed by atoms with Gasteiger partial charge in [0, 0.05) is 18.7 Å². The highest BCUT2D eigenvalue weighted by Crippen LogP contribution is 2.20. The Morgan fingerprint density at radius 1 is 1.04 bits per heavy atom. The van der Waals surface area contributed by atoms with Crippen molar-refractivity contribution in [3.05, 3.63) is 59.4 Å². The van der Waals surface area contributed by atoms with Crippen LogP contribution in [0.1, 0.15) is 10.4 Å². The van der Waals surface area contributed by atoms with Crippen molar-refractivity contribution in [3.8, 4) is 0 Å². The highest BCUT2D eigenvalue weighted by Gasteiger charge is 2.27. The summed E-state index contributed by atoms with van der Waals surface area (Å²) in [7, 11) is -3.80. The fourth-order valence-electron chi connectivity index (χ4n) is 2.55. The van der Waals surface area contributed by atoms with Crippen molar-refractivity contribution in [1.29, 1.82) is 0 Å². The maximum atomic E-state index is 13.6. The molecule has 0 aromatic heterocycles. The highest BCUT2D eigenvalue weighted by molar-refractivity contribution is 7.89.